The molecular formula is C10H22N2O. The molecule has 0 saturated heterocycles. The lowest BCUT2D eigenvalue weighted by Gasteiger charge is -2.30. The lowest BCUT2D eigenvalue weighted by Crippen LogP contribution is -2.39. The highest BCUT2D eigenvalue weighted by atomic mass is 16.5. The van der Waals surface area contributed by atoms with Gasteiger partial charge in [-0.1, -0.05) is 19.3 Å². The lowest BCUT2D eigenvalue weighted by molar-refractivity contribution is 0.0144. The van der Waals surface area contributed by atoms with Crippen molar-refractivity contribution in [2.75, 3.05) is 20.7 Å². The minimum Gasteiger partial charge on any atom is -0.380 e. The molecule has 0 bridgehead atoms. The van der Waals surface area contributed by atoms with Gasteiger partial charge >= 0.3 is 0 Å². The molecule has 0 aromatic rings. The van der Waals surface area contributed by atoms with Crippen LogP contribution in [0.2, 0.25) is 0 Å². The van der Waals surface area contributed by atoms with Gasteiger partial charge in [-0.2, -0.15) is 0 Å². The van der Waals surface area contributed by atoms with Gasteiger partial charge in [0, 0.05) is 20.7 Å². The maximum atomic E-state index is 5.63. The summed E-state index contributed by atoms with van der Waals surface area (Å²) in [6.07, 6.45) is 7.07. The normalized spacial score (nSPS) is 22.2. The molecule has 0 amide bonds. The van der Waals surface area contributed by atoms with Crippen LogP contribution in [0.3, 0.4) is 0 Å². The van der Waals surface area contributed by atoms with Crippen LogP contribution >= 0.6 is 0 Å². The third kappa shape index (κ3) is 3.63. The van der Waals surface area contributed by atoms with Crippen LogP contribution in [0.15, 0.2) is 0 Å². The van der Waals surface area contributed by atoms with Crippen molar-refractivity contribution in [1.82, 2.24) is 5.01 Å². The second-order valence-corrected chi connectivity index (χ2v) is 4.11. The van der Waals surface area contributed by atoms with E-state index in [1.165, 1.54) is 32.1 Å². The van der Waals surface area contributed by atoms with Gasteiger partial charge in [0.25, 0.3) is 0 Å². The third-order valence-electron chi connectivity index (χ3n) is 2.95. The molecular weight excluding hydrogens is 164 g/mol. The highest BCUT2D eigenvalue weighted by Gasteiger charge is 2.23. The fraction of sp³-hybridized carbons (Fsp3) is 1.00. The van der Waals surface area contributed by atoms with Crippen molar-refractivity contribution in [3.63, 3.8) is 0 Å². The van der Waals surface area contributed by atoms with E-state index in [2.05, 4.69) is 0 Å². The van der Waals surface area contributed by atoms with Crippen molar-refractivity contribution in [2.24, 2.45) is 11.8 Å². The Hall–Kier alpha value is -0.120. The Labute approximate surface area is 81.2 Å². The van der Waals surface area contributed by atoms with Crippen LogP contribution in [0, 0.1) is 5.92 Å². The van der Waals surface area contributed by atoms with E-state index >= 15 is 0 Å². The van der Waals surface area contributed by atoms with Crippen molar-refractivity contribution in [1.29, 1.82) is 0 Å². The zero-order valence-corrected chi connectivity index (χ0v) is 8.83. The maximum absolute atomic E-state index is 5.63. The van der Waals surface area contributed by atoms with Crippen LogP contribution in [0.1, 0.15) is 32.1 Å². The molecule has 13 heavy (non-hydrogen) atoms. The second-order valence-electron chi connectivity index (χ2n) is 4.11. The number of hydrogen-bond donors (Lipinski definition) is 1. The van der Waals surface area contributed by atoms with Crippen molar-refractivity contribution < 1.29 is 4.74 Å². The molecule has 3 nitrogen and oxygen atoms in total. The minimum atomic E-state index is 0.329. The van der Waals surface area contributed by atoms with Crippen LogP contribution in [-0.4, -0.2) is 31.8 Å². The molecule has 1 saturated carbocycles. The molecule has 0 radical (unpaired) electrons. The van der Waals surface area contributed by atoms with Crippen LogP contribution in [0.25, 0.3) is 0 Å². The van der Waals surface area contributed by atoms with Crippen LogP contribution < -0.4 is 5.84 Å². The number of ether oxygens (including phenoxy) is 1. The molecule has 0 heterocycles. The number of nitrogens with two attached hydrogens (primary N) is 1. The van der Waals surface area contributed by atoms with E-state index in [1.54, 1.807) is 12.1 Å². The van der Waals surface area contributed by atoms with Gasteiger partial charge in [-0.15, -0.1) is 0 Å². The predicted molar refractivity (Wildman–Crippen MR) is 54.2 cm³/mol. The van der Waals surface area contributed by atoms with E-state index in [9.17, 15) is 0 Å². The molecule has 0 aromatic carbocycles. The topological polar surface area (TPSA) is 38.5 Å². The van der Waals surface area contributed by atoms with Crippen molar-refractivity contribution in [3.05, 3.63) is 0 Å². The highest BCUT2D eigenvalue weighted by molar-refractivity contribution is 4.75. The number of hydrogen-bond acceptors (Lipinski definition) is 3. The standard InChI is InChI=1S/C10H22N2O/c1-12(11)8-10(13-2)9-6-4-3-5-7-9/h9-10H,3-8,11H2,1-2H3. The minimum absolute atomic E-state index is 0.329. The fourth-order valence-corrected chi connectivity index (χ4v) is 2.21. The van der Waals surface area contributed by atoms with Gasteiger partial charge in [-0.25, -0.2) is 5.01 Å². The highest BCUT2D eigenvalue weighted by Crippen LogP contribution is 2.27. The Morgan fingerprint density at radius 1 is 1.38 bits per heavy atom. The average Bonchev–Trinajstić information content (AvgIpc) is 2.15. The average molecular weight is 186 g/mol. The first-order valence-electron chi connectivity index (χ1n) is 5.22. The van der Waals surface area contributed by atoms with Gasteiger partial charge in [0.05, 0.1) is 6.10 Å². The number of methoxy groups -OCH3 is 1. The third-order valence-corrected chi connectivity index (χ3v) is 2.95. The molecule has 1 rings (SSSR count). The SMILES string of the molecule is COC(CN(C)N)C1CCCCC1. The predicted octanol–water partition coefficient (Wildman–Crippen LogP) is 1.39. The molecule has 1 unspecified atom stereocenters. The smallest absolute Gasteiger partial charge is 0.0740 e. The van der Waals surface area contributed by atoms with E-state index in [-0.39, 0.29) is 0 Å². The summed E-state index contributed by atoms with van der Waals surface area (Å²) in [5.41, 5.74) is 0. The summed E-state index contributed by atoms with van der Waals surface area (Å²) in [4.78, 5) is 0. The monoisotopic (exact) mass is 186 g/mol. The van der Waals surface area contributed by atoms with Crippen molar-refractivity contribution in [2.45, 2.75) is 38.2 Å². The first-order valence-corrected chi connectivity index (χ1v) is 5.22. The first kappa shape index (κ1) is 11.0. The Bertz CT molecular complexity index is 133. The molecule has 2 N–H and O–H groups in total. The quantitative estimate of drug-likeness (QED) is 0.532. The van der Waals surface area contributed by atoms with E-state index in [4.69, 9.17) is 10.6 Å². The Morgan fingerprint density at radius 3 is 2.46 bits per heavy atom. The molecule has 3 heteroatoms. The number of rotatable bonds is 4. The number of nitrogens with zero attached hydrogens (tertiary/aromatic N) is 1. The van der Waals surface area contributed by atoms with E-state index in [0.29, 0.717) is 6.10 Å². The molecule has 0 aromatic heterocycles. The largest absolute Gasteiger partial charge is 0.380 e. The van der Waals surface area contributed by atoms with Gasteiger partial charge in [0.15, 0.2) is 0 Å². The fourth-order valence-electron chi connectivity index (χ4n) is 2.21. The maximum Gasteiger partial charge on any atom is 0.0740 e. The molecule has 1 aliphatic rings. The Kier molecular flexibility index (Phi) is 4.70. The number of hydrazine groups is 1. The van der Waals surface area contributed by atoms with Crippen LogP contribution in [0.5, 0.6) is 0 Å². The van der Waals surface area contributed by atoms with E-state index < -0.39 is 0 Å². The van der Waals surface area contributed by atoms with E-state index in [1.807, 2.05) is 7.05 Å². The summed E-state index contributed by atoms with van der Waals surface area (Å²) in [5, 5.41) is 1.72. The summed E-state index contributed by atoms with van der Waals surface area (Å²) in [5.74, 6) is 6.36. The second kappa shape index (κ2) is 5.58. The molecule has 1 atom stereocenters. The van der Waals surface area contributed by atoms with Crippen molar-refractivity contribution >= 4 is 0 Å². The lowest BCUT2D eigenvalue weighted by atomic mass is 9.85. The summed E-state index contributed by atoms with van der Waals surface area (Å²) in [7, 11) is 3.69. The molecule has 0 spiro atoms. The zero-order valence-electron chi connectivity index (χ0n) is 8.83. The summed E-state index contributed by atoms with van der Waals surface area (Å²) in [6.45, 7) is 0.848. The number of likely N-dealkylation sites (N-methyl/N-ethyl adjacent to an activating group) is 1. The van der Waals surface area contributed by atoms with Crippen molar-refractivity contribution in [3.8, 4) is 0 Å². The van der Waals surface area contributed by atoms with Crippen LogP contribution in [-0.2, 0) is 4.74 Å². The van der Waals surface area contributed by atoms with Crippen LogP contribution in [0.4, 0.5) is 0 Å². The summed E-state index contributed by atoms with van der Waals surface area (Å²) >= 11 is 0. The van der Waals surface area contributed by atoms with Gasteiger partial charge < -0.3 is 4.74 Å². The molecule has 78 valence electrons. The molecule has 1 aliphatic carbocycles. The van der Waals surface area contributed by atoms with Gasteiger partial charge in [0.1, 0.15) is 0 Å². The first-order chi connectivity index (χ1) is 6.24. The van der Waals surface area contributed by atoms with Gasteiger partial charge in [-0.05, 0) is 18.8 Å². The summed E-state index contributed by atoms with van der Waals surface area (Å²) < 4.78 is 5.48. The zero-order chi connectivity index (χ0) is 9.68. The van der Waals surface area contributed by atoms with Gasteiger partial charge in [-0.3, -0.25) is 5.84 Å². The van der Waals surface area contributed by atoms with Gasteiger partial charge in [0.2, 0.25) is 0 Å². The molecule has 1 fully saturated rings. The Morgan fingerprint density at radius 2 is 2.00 bits per heavy atom. The molecule has 0 aliphatic heterocycles. The summed E-state index contributed by atoms with van der Waals surface area (Å²) in [6, 6.07) is 0. The Balaban J connectivity index is 2.34. The van der Waals surface area contributed by atoms with E-state index in [0.717, 1.165) is 12.5 Å².